The number of rotatable bonds is 1. The molecule has 2 spiro atoms. The van der Waals surface area contributed by atoms with E-state index >= 15 is 0 Å². The maximum absolute atomic E-state index is 12.2. The molecule has 0 aromatic rings. The van der Waals surface area contributed by atoms with E-state index in [1.165, 1.54) is 12.8 Å². The third-order valence-corrected chi connectivity index (χ3v) is 5.70. The zero-order chi connectivity index (χ0) is 12.9. The summed E-state index contributed by atoms with van der Waals surface area (Å²) in [4.78, 5) is 14.7. The van der Waals surface area contributed by atoms with Crippen LogP contribution in [0.5, 0.6) is 0 Å². The second-order valence-corrected chi connectivity index (χ2v) is 7.22. The molecule has 4 heterocycles. The summed E-state index contributed by atoms with van der Waals surface area (Å²) in [5.41, 5.74) is 0.821. The van der Waals surface area contributed by atoms with Crippen molar-refractivity contribution in [2.75, 3.05) is 45.8 Å². The summed E-state index contributed by atoms with van der Waals surface area (Å²) in [6.07, 6.45) is 3.63. The molecule has 1 atom stereocenters. The molecule has 4 saturated heterocycles. The van der Waals surface area contributed by atoms with Crippen LogP contribution in [0.15, 0.2) is 0 Å². The Balaban J connectivity index is 1.48. The molecule has 4 fully saturated rings. The highest BCUT2D eigenvalue weighted by molar-refractivity contribution is 5.83. The Labute approximate surface area is 114 Å². The third-order valence-electron chi connectivity index (χ3n) is 5.70. The summed E-state index contributed by atoms with van der Waals surface area (Å²) in [6, 6.07) is 0.119. The molecule has 5 heteroatoms. The van der Waals surface area contributed by atoms with Crippen molar-refractivity contribution in [3.05, 3.63) is 0 Å². The minimum atomic E-state index is 0.119. The number of nitrogens with one attached hydrogen (secondary N) is 3. The lowest BCUT2D eigenvalue weighted by Crippen LogP contribution is -2.69. The lowest BCUT2D eigenvalue weighted by Gasteiger charge is -2.54. The predicted octanol–water partition coefficient (Wildman–Crippen LogP) is -0.850. The molecule has 4 aliphatic heterocycles. The lowest BCUT2D eigenvalue weighted by atomic mass is 9.71. The molecule has 106 valence electrons. The second kappa shape index (κ2) is 4.17. The van der Waals surface area contributed by atoms with Gasteiger partial charge in [-0.15, -0.1) is 0 Å². The van der Waals surface area contributed by atoms with Crippen molar-refractivity contribution in [3.63, 3.8) is 0 Å². The fourth-order valence-electron chi connectivity index (χ4n) is 4.29. The maximum atomic E-state index is 12.2. The summed E-state index contributed by atoms with van der Waals surface area (Å²) in [5.74, 6) is 0.266. The fraction of sp³-hybridized carbons (Fsp3) is 0.929. The molecule has 0 aliphatic carbocycles. The molecule has 1 amide bonds. The smallest absolute Gasteiger partial charge is 0.237 e. The van der Waals surface area contributed by atoms with E-state index in [9.17, 15) is 4.79 Å². The van der Waals surface area contributed by atoms with Crippen molar-refractivity contribution < 1.29 is 4.79 Å². The van der Waals surface area contributed by atoms with E-state index < -0.39 is 0 Å². The van der Waals surface area contributed by atoms with Gasteiger partial charge in [0.25, 0.3) is 0 Å². The Hall–Kier alpha value is -0.650. The fourth-order valence-corrected chi connectivity index (χ4v) is 4.29. The van der Waals surface area contributed by atoms with Crippen molar-refractivity contribution in [1.29, 1.82) is 0 Å². The SMILES string of the molecule is O=C1NCC2(CNC2)CC1N1CCCC2(CNC2)C1. The predicted molar refractivity (Wildman–Crippen MR) is 72.8 cm³/mol. The van der Waals surface area contributed by atoms with Gasteiger partial charge < -0.3 is 16.0 Å². The van der Waals surface area contributed by atoms with Gasteiger partial charge >= 0.3 is 0 Å². The van der Waals surface area contributed by atoms with E-state index in [1.807, 2.05) is 0 Å². The summed E-state index contributed by atoms with van der Waals surface area (Å²) >= 11 is 0. The largest absolute Gasteiger partial charge is 0.354 e. The van der Waals surface area contributed by atoms with Crippen molar-refractivity contribution in [2.45, 2.75) is 25.3 Å². The van der Waals surface area contributed by atoms with Crippen LogP contribution in [0.4, 0.5) is 0 Å². The standard InChI is InChI=1S/C14H24N4O/c19-12-11(4-14(9-17-12)7-16-8-14)18-3-1-2-13(10-18)5-15-6-13/h11,15-16H,1-10H2,(H,17,19). The van der Waals surface area contributed by atoms with Crippen LogP contribution in [0, 0.1) is 10.8 Å². The number of amides is 1. The van der Waals surface area contributed by atoms with E-state index in [0.717, 1.165) is 52.2 Å². The number of hydrogen-bond acceptors (Lipinski definition) is 4. The average molecular weight is 264 g/mol. The van der Waals surface area contributed by atoms with Gasteiger partial charge in [-0.2, -0.15) is 0 Å². The van der Waals surface area contributed by atoms with Crippen LogP contribution < -0.4 is 16.0 Å². The topological polar surface area (TPSA) is 56.4 Å². The first kappa shape index (κ1) is 12.1. The monoisotopic (exact) mass is 264 g/mol. The van der Waals surface area contributed by atoms with Crippen LogP contribution in [0.3, 0.4) is 0 Å². The van der Waals surface area contributed by atoms with Gasteiger partial charge in [0, 0.05) is 50.1 Å². The quantitative estimate of drug-likeness (QED) is 0.577. The highest BCUT2D eigenvalue weighted by Gasteiger charge is 2.49. The molecular weight excluding hydrogens is 240 g/mol. The molecule has 0 aromatic carbocycles. The normalized spacial score (nSPS) is 36.6. The first-order valence-corrected chi connectivity index (χ1v) is 7.64. The number of hydrogen-bond donors (Lipinski definition) is 3. The van der Waals surface area contributed by atoms with E-state index in [-0.39, 0.29) is 11.9 Å². The molecule has 0 aromatic heterocycles. The summed E-state index contributed by atoms with van der Waals surface area (Å²) in [5, 5.41) is 9.93. The number of carbonyl (C=O) groups excluding carboxylic acids is 1. The molecule has 1 unspecified atom stereocenters. The Bertz CT molecular complexity index is 389. The van der Waals surface area contributed by atoms with Gasteiger partial charge in [-0.3, -0.25) is 9.69 Å². The maximum Gasteiger partial charge on any atom is 0.237 e. The molecule has 5 nitrogen and oxygen atoms in total. The minimum absolute atomic E-state index is 0.119. The van der Waals surface area contributed by atoms with Crippen LogP contribution in [-0.2, 0) is 4.79 Å². The summed E-state index contributed by atoms with van der Waals surface area (Å²) in [7, 11) is 0. The van der Waals surface area contributed by atoms with Gasteiger partial charge in [-0.1, -0.05) is 0 Å². The minimum Gasteiger partial charge on any atom is -0.354 e. The summed E-state index contributed by atoms with van der Waals surface area (Å²) in [6.45, 7) is 7.52. The average Bonchev–Trinajstić information content (AvgIpc) is 2.36. The van der Waals surface area contributed by atoms with Crippen molar-refractivity contribution >= 4 is 5.91 Å². The summed E-state index contributed by atoms with van der Waals surface area (Å²) < 4.78 is 0. The number of likely N-dealkylation sites (tertiary alicyclic amines) is 1. The van der Waals surface area contributed by atoms with Crippen LogP contribution in [0.2, 0.25) is 0 Å². The van der Waals surface area contributed by atoms with Gasteiger partial charge in [0.15, 0.2) is 0 Å². The van der Waals surface area contributed by atoms with Gasteiger partial charge in [0.1, 0.15) is 0 Å². The van der Waals surface area contributed by atoms with Gasteiger partial charge in [-0.05, 0) is 25.8 Å². The zero-order valence-corrected chi connectivity index (χ0v) is 11.5. The Morgan fingerprint density at radius 1 is 1.05 bits per heavy atom. The number of piperidine rings is 2. The molecule has 3 N–H and O–H groups in total. The van der Waals surface area contributed by atoms with E-state index in [1.54, 1.807) is 0 Å². The Morgan fingerprint density at radius 2 is 1.79 bits per heavy atom. The highest BCUT2D eigenvalue weighted by Crippen LogP contribution is 2.38. The van der Waals surface area contributed by atoms with Crippen molar-refractivity contribution in [2.24, 2.45) is 10.8 Å². The van der Waals surface area contributed by atoms with Gasteiger partial charge in [0.2, 0.25) is 5.91 Å². The molecule has 4 aliphatic rings. The number of nitrogens with zero attached hydrogens (tertiary/aromatic N) is 1. The molecular formula is C14H24N4O. The van der Waals surface area contributed by atoms with Gasteiger partial charge in [-0.25, -0.2) is 0 Å². The lowest BCUT2D eigenvalue weighted by molar-refractivity contribution is -0.135. The van der Waals surface area contributed by atoms with E-state index in [0.29, 0.717) is 10.8 Å². The highest BCUT2D eigenvalue weighted by atomic mass is 16.2. The molecule has 0 saturated carbocycles. The second-order valence-electron chi connectivity index (χ2n) is 7.22. The molecule has 0 bridgehead atoms. The number of carbonyl (C=O) groups is 1. The molecule has 19 heavy (non-hydrogen) atoms. The van der Waals surface area contributed by atoms with Crippen LogP contribution >= 0.6 is 0 Å². The molecule has 0 radical (unpaired) electrons. The third kappa shape index (κ3) is 1.90. The van der Waals surface area contributed by atoms with Crippen LogP contribution in [0.25, 0.3) is 0 Å². The zero-order valence-electron chi connectivity index (χ0n) is 11.5. The molecule has 4 rings (SSSR count). The Kier molecular flexibility index (Phi) is 2.66. The Morgan fingerprint density at radius 3 is 2.42 bits per heavy atom. The first-order chi connectivity index (χ1) is 9.21. The van der Waals surface area contributed by atoms with Gasteiger partial charge in [0.05, 0.1) is 6.04 Å². The van der Waals surface area contributed by atoms with E-state index in [2.05, 4.69) is 20.9 Å². The van der Waals surface area contributed by atoms with E-state index in [4.69, 9.17) is 0 Å². The van der Waals surface area contributed by atoms with Crippen molar-refractivity contribution in [1.82, 2.24) is 20.9 Å². The van der Waals surface area contributed by atoms with Crippen LogP contribution in [-0.4, -0.2) is 62.7 Å². The van der Waals surface area contributed by atoms with Crippen molar-refractivity contribution in [3.8, 4) is 0 Å². The van der Waals surface area contributed by atoms with Crippen LogP contribution in [0.1, 0.15) is 19.3 Å². The first-order valence-electron chi connectivity index (χ1n) is 7.64.